The Morgan fingerprint density at radius 1 is 0.266 bits per heavy atom. The molecule has 0 aliphatic rings. The van der Waals surface area contributed by atoms with Gasteiger partial charge >= 0.3 is 17.9 Å². The van der Waals surface area contributed by atoms with Crippen LogP contribution in [0.15, 0.2) is 134 Å². The van der Waals surface area contributed by atoms with Crippen LogP contribution in [-0.4, -0.2) is 37.2 Å². The molecule has 0 fully saturated rings. The molecule has 448 valence electrons. The van der Waals surface area contributed by atoms with Crippen LogP contribution in [0.5, 0.6) is 0 Å². The molecule has 0 aliphatic heterocycles. The second-order valence-corrected chi connectivity index (χ2v) is 21.3. The number of allylic oxidation sites excluding steroid dienone is 22. The highest BCUT2D eigenvalue weighted by molar-refractivity contribution is 5.71. The standard InChI is InChI=1S/C73H120O6/c1-4-7-10-13-16-19-22-25-28-30-32-33-34-35-36-37-38-39-41-42-45-48-51-54-57-60-63-66-72(75)78-69-70(68-77-71(74)65-62-59-56-53-50-47-44-27-24-21-18-15-12-9-6-3)79-73(76)67-64-61-58-55-52-49-46-43-40-31-29-26-23-20-17-14-11-8-5-2/h7,9-10,12,16,18-19,21,25,27-28,32-33,35-36,38-39,42,44-45,50,53,70H,4-6,8,11,13-15,17,20,22-24,26,29-31,34,37,40-41,43,46-49,51-52,54-69H2,1-3H3/b10-7-,12-9-,19-16-,21-18-,28-25-,33-32-,36-35-,39-38-,44-27-,45-42-,53-50-. The molecule has 0 spiro atoms. The van der Waals surface area contributed by atoms with E-state index in [-0.39, 0.29) is 31.1 Å². The summed E-state index contributed by atoms with van der Waals surface area (Å²) in [6, 6.07) is 0. The lowest BCUT2D eigenvalue weighted by molar-refractivity contribution is -0.167. The van der Waals surface area contributed by atoms with Crippen molar-refractivity contribution in [2.24, 2.45) is 0 Å². The number of rotatable bonds is 58. The lowest BCUT2D eigenvalue weighted by Crippen LogP contribution is -2.30. The van der Waals surface area contributed by atoms with E-state index in [0.29, 0.717) is 19.3 Å². The van der Waals surface area contributed by atoms with E-state index in [9.17, 15) is 14.4 Å². The van der Waals surface area contributed by atoms with E-state index in [2.05, 4.69) is 154 Å². The molecule has 0 aliphatic carbocycles. The van der Waals surface area contributed by atoms with E-state index in [1.54, 1.807) is 0 Å². The molecule has 0 bridgehead atoms. The van der Waals surface area contributed by atoms with Crippen molar-refractivity contribution < 1.29 is 28.6 Å². The molecule has 6 heteroatoms. The van der Waals surface area contributed by atoms with Gasteiger partial charge in [-0.05, 0) is 116 Å². The Hall–Kier alpha value is -4.45. The number of ether oxygens (including phenoxy) is 3. The molecule has 0 amide bonds. The SMILES string of the molecule is CC/C=C\C/C=C\C/C=C\C/C=C\C/C=C\C/C=C\C/C=C\CCCCCCCC(=O)OCC(COC(=O)CCCC/C=C\C/C=C\C/C=C\C/C=C\CC)OC(=O)CCCCCCCCCCCCCCCCCCCCC. The van der Waals surface area contributed by atoms with Gasteiger partial charge < -0.3 is 14.2 Å². The van der Waals surface area contributed by atoms with E-state index < -0.39 is 6.10 Å². The van der Waals surface area contributed by atoms with Crippen LogP contribution in [-0.2, 0) is 28.6 Å². The third-order valence-corrected chi connectivity index (χ3v) is 13.7. The minimum atomic E-state index is -0.808. The second-order valence-electron chi connectivity index (χ2n) is 21.3. The van der Waals surface area contributed by atoms with Gasteiger partial charge in [-0.25, -0.2) is 0 Å². The molecular weight excluding hydrogens is 973 g/mol. The minimum absolute atomic E-state index is 0.103. The number of carbonyl (C=O) groups excluding carboxylic acids is 3. The molecule has 1 unspecified atom stereocenters. The molecule has 1 atom stereocenters. The smallest absolute Gasteiger partial charge is 0.306 e. The summed E-state index contributed by atoms with van der Waals surface area (Å²) in [6.45, 7) is 6.38. The zero-order valence-electron chi connectivity index (χ0n) is 51.3. The summed E-state index contributed by atoms with van der Waals surface area (Å²) in [4.78, 5) is 38.3. The van der Waals surface area contributed by atoms with Crippen molar-refractivity contribution in [2.45, 2.75) is 297 Å². The third-order valence-electron chi connectivity index (χ3n) is 13.7. The van der Waals surface area contributed by atoms with E-state index >= 15 is 0 Å². The molecule has 0 saturated heterocycles. The lowest BCUT2D eigenvalue weighted by Gasteiger charge is -2.18. The topological polar surface area (TPSA) is 78.9 Å². The maximum Gasteiger partial charge on any atom is 0.306 e. The minimum Gasteiger partial charge on any atom is -0.462 e. The summed E-state index contributed by atoms with van der Waals surface area (Å²) in [5.41, 5.74) is 0. The molecular formula is C73H120O6. The first kappa shape index (κ1) is 74.5. The van der Waals surface area contributed by atoms with E-state index in [0.717, 1.165) is 148 Å². The average molecular weight is 1090 g/mol. The summed E-state index contributed by atoms with van der Waals surface area (Å²) < 4.78 is 16.9. The Morgan fingerprint density at radius 3 is 0.797 bits per heavy atom. The van der Waals surface area contributed by atoms with Crippen molar-refractivity contribution in [1.29, 1.82) is 0 Å². The van der Waals surface area contributed by atoms with Crippen LogP contribution in [0.4, 0.5) is 0 Å². The average Bonchev–Trinajstić information content (AvgIpc) is 3.45. The molecule has 6 nitrogen and oxygen atoms in total. The molecule has 0 N–H and O–H groups in total. The van der Waals surface area contributed by atoms with Crippen LogP contribution in [0.25, 0.3) is 0 Å². The lowest BCUT2D eigenvalue weighted by atomic mass is 10.0. The number of hydrogen-bond donors (Lipinski definition) is 0. The zero-order valence-corrected chi connectivity index (χ0v) is 51.3. The Morgan fingerprint density at radius 2 is 0.494 bits per heavy atom. The summed E-state index contributed by atoms with van der Waals surface area (Å²) in [5, 5.41) is 0. The van der Waals surface area contributed by atoms with Gasteiger partial charge in [-0.2, -0.15) is 0 Å². The van der Waals surface area contributed by atoms with Crippen molar-refractivity contribution in [3.8, 4) is 0 Å². The highest BCUT2D eigenvalue weighted by atomic mass is 16.6. The molecule has 0 aromatic heterocycles. The predicted octanol–water partition coefficient (Wildman–Crippen LogP) is 22.5. The first-order chi connectivity index (χ1) is 39.0. The Balaban J connectivity index is 4.43. The largest absolute Gasteiger partial charge is 0.462 e. The van der Waals surface area contributed by atoms with Gasteiger partial charge in [0.1, 0.15) is 13.2 Å². The molecule has 0 heterocycles. The summed E-state index contributed by atoms with van der Waals surface area (Å²) in [6.07, 6.45) is 93.2. The van der Waals surface area contributed by atoms with Gasteiger partial charge in [0.05, 0.1) is 0 Å². The van der Waals surface area contributed by atoms with Gasteiger partial charge in [-0.15, -0.1) is 0 Å². The first-order valence-electron chi connectivity index (χ1n) is 32.7. The maximum atomic E-state index is 12.9. The van der Waals surface area contributed by atoms with Gasteiger partial charge in [0.2, 0.25) is 0 Å². The quantitative estimate of drug-likeness (QED) is 0.0261. The third kappa shape index (κ3) is 64.3. The predicted molar refractivity (Wildman–Crippen MR) is 343 cm³/mol. The Bertz CT molecular complexity index is 1680. The van der Waals surface area contributed by atoms with Crippen LogP contribution in [0.2, 0.25) is 0 Å². The van der Waals surface area contributed by atoms with Crippen LogP contribution < -0.4 is 0 Å². The summed E-state index contributed by atoms with van der Waals surface area (Å²) in [5.74, 6) is -0.957. The van der Waals surface area contributed by atoms with Gasteiger partial charge in [0, 0.05) is 19.3 Å². The molecule has 0 saturated carbocycles. The number of unbranched alkanes of at least 4 members (excludes halogenated alkanes) is 25. The van der Waals surface area contributed by atoms with Crippen LogP contribution >= 0.6 is 0 Å². The van der Waals surface area contributed by atoms with Gasteiger partial charge in [0.15, 0.2) is 6.10 Å². The fraction of sp³-hybridized carbons (Fsp3) is 0.658. The fourth-order valence-corrected chi connectivity index (χ4v) is 8.83. The summed E-state index contributed by atoms with van der Waals surface area (Å²) in [7, 11) is 0. The number of hydrogen-bond acceptors (Lipinski definition) is 6. The monoisotopic (exact) mass is 1090 g/mol. The molecule has 0 rings (SSSR count). The van der Waals surface area contributed by atoms with Crippen molar-refractivity contribution in [1.82, 2.24) is 0 Å². The van der Waals surface area contributed by atoms with Gasteiger partial charge in [0.25, 0.3) is 0 Å². The molecule has 0 radical (unpaired) electrons. The Kier molecular flexibility index (Phi) is 62.3. The normalized spacial score (nSPS) is 13.0. The maximum absolute atomic E-state index is 12.9. The highest BCUT2D eigenvalue weighted by Crippen LogP contribution is 2.16. The van der Waals surface area contributed by atoms with Crippen molar-refractivity contribution in [2.75, 3.05) is 13.2 Å². The zero-order chi connectivity index (χ0) is 57.1. The second kappa shape index (κ2) is 66.1. The number of carbonyl (C=O) groups is 3. The van der Waals surface area contributed by atoms with E-state index in [1.165, 1.54) is 103 Å². The van der Waals surface area contributed by atoms with Gasteiger partial charge in [-0.3, -0.25) is 14.4 Å². The van der Waals surface area contributed by atoms with Gasteiger partial charge in [-0.1, -0.05) is 289 Å². The Labute approximate surface area is 487 Å². The molecule has 79 heavy (non-hydrogen) atoms. The number of esters is 3. The van der Waals surface area contributed by atoms with Crippen molar-refractivity contribution in [3.63, 3.8) is 0 Å². The summed E-state index contributed by atoms with van der Waals surface area (Å²) >= 11 is 0. The van der Waals surface area contributed by atoms with Crippen LogP contribution in [0.3, 0.4) is 0 Å². The van der Waals surface area contributed by atoms with Crippen LogP contribution in [0.1, 0.15) is 290 Å². The fourth-order valence-electron chi connectivity index (χ4n) is 8.83. The first-order valence-corrected chi connectivity index (χ1v) is 32.7. The highest BCUT2D eigenvalue weighted by Gasteiger charge is 2.19. The van der Waals surface area contributed by atoms with Crippen LogP contribution in [0, 0.1) is 0 Å². The van der Waals surface area contributed by atoms with E-state index in [1.807, 2.05) is 0 Å². The van der Waals surface area contributed by atoms with Crippen molar-refractivity contribution in [3.05, 3.63) is 134 Å². The molecule has 0 aromatic carbocycles. The van der Waals surface area contributed by atoms with Crippen molar-refractivity contribution >= 4 is 17.9 Å². The van der Waals surface area contributed by atoms with E-state index in [4.69, 9.17) is 14.2 Å². The molecule has 0 aromatic rings.